The molecule has 9 heteroatoms. The Morgan fingerprint density at radius 1 is 1.00 bits per heavy atom. The molecule has 1 aliphatic rings. The molecule has 204 valence electrons. The number of hydrogen-bond acceptors (Lipinski definition) is 6. The van der Waals surface area contributed by atoms with E-state index in [4.69, 9.17) is 30.5 Å². The van der Waals surface area contributed by atoms with Crippen LogP contribution in [-0.4, -0.2) is 49.6 Å². The maximum absolute atomic E-state index is 14.1. The van der Waals surface area contributed by atoms with Crippen LogP contribution >= 0.6 is 11.6 Å². The highest BCUT2D eigenvalue weighted by Crippen LogP contribution is 2.47. The molecule has 0 fully saturated rings. The molecule has 0 spiro atoms. The van der Waals surface area contributed by atoms with E-state index in [1.165, 1.54) is 0 Å². The van der Waals surface area contributed by atoms with Crippen LogP contribution in [-0.2, 0) is 6.61 Å². The lowest BCUT2D eigenvalue weighted by atomic mass is 9.97. The summed E-state index contributed by atoms with van der Waals surface area (Å²) in [7, 11) is 4.66. The van der Waals surface area contributed by atoms with Crippen molar-refractivity contribution in [3.05, 3.63) is 83.7 Å². The van der Waals surface area contributed by atoms with Crippen LogP contribution in [0.3, 0.4) is 0 Å². The smallest absolute Gasteiger partial charge is 0.274 e. The first-order chi connectivity index (χ1) is 19.6. The summed E-state index contributed by atoms with van der Waals surface area (Å²) in [5, 5.41) is 1.69. The van der Waals surface area contributed by atoms with Gasteiger partial charge < -0.3 is 28.8 Å². The van der Waals surface area contributed by atoms with Crippen molar-refractivity contribution in [3.63, 3.8) is 0 Å². The van der Waals surface area contributed by atoms with Crippen LogP contribution in [0.2, 0.25) is 0 Å². The minimum absolute atomic E-state index is 0.0606. The Kier molecular flexibility index (Phi) is 6.86. The van der Waals surface area contributed by atoms with Gasteiger partial charge in [-0.2, -0.15) is 0 Å². The molecule has 0 saturated heterocycles. The number of rotatable bonds is 8. The number of methoxy groups -OCH3 is 3. The standard InChI is InChI=1S/C31H28ClN3O5/c1-37-25-13-19-12-22(34-27(19)30(39-3)29(25)38-2)31(36)35-16-20(15-32)26-21-10-7-11-33-28(21)24(14-23(26)35)40-17-18-8-5-4-6-9-18/h4-14,20,34H,15-17H2,1-3H3/t20-/m0/s1. The summed E-state index contributed by atoms with van der Waals surface area (Å²) in [6, 6.07) is 19.4. The average molecular weight is 558 g/mol. The first-order valence-corrected chi connectivity index (χ1v) is 13.4. The Morgan fingerprint density at radius 2 is 1.80 bits per heavy atom. The van der Waals surface area contributed by atoms with Gasteiger partial charge >= 0.3 is 0 Å². The third-order valence-electron chi connectivity index (χ3n) is 7.30. The highest BCUT2D eigenvalue weighted by atomic mass is 35.5. The molecule has 1 N–H and O–H groups in total. The Morgan fingerprint density at radius 3 is 2.52 bits per heavy atom. The summed E-state index contributed by atoms with van der Waals surface area (Å²) in [6.07, 6.45) is 1.75. The molecule has 5 aromatic rings. The van der Waals surface area contributed by atoms with Crippen LogP contribution in [0.5, 0.6) is 23.0 Å². The summed E-state index contributed by atoms with van der Waals surface area (Å²) in [5.74, 6) is 2.14. The quantitative estimate of drug-likeness (QED) is 0.225. The summed E-state index contributed by atoms with van der Waals surface area (Å²) in [6.45, 7) is 0.812. The Balaban J connectivity index is 1.44. The number of benzene rings is 3. The van der Waals surface area contributed by atoms with Crippen LogP contribution < -0.4 is 23.8 Å². The molecule has 3 heterocycles. The number of fused-ring (bicyclic) bond motifs is 4. The number of carbonyl (C=O) groups is 1. The first-order valence-electron chi connectivity index (χ1n) is 12.9. The summed E-state index contributed by atoms with van der Waals surface area (Å²) >= 11 is 6.46. The van der Waals surface area contributed by atoms with E-state index in [2.05, 4.69) is 9.97 Å². The number of hydrogen-bond donors (Lipinski definition) is 1. The second-order valence-electron chi connectivity index (χ2n) is 9.54. The van der Waals surface area contributed by atoms with Crippen LogP contribution in [0, 0.1) is 0 Å². The fraction of sp³-hybridized carbons (Fsp3) is 0.226. The van der Waals surface area contributed by atoms with Gasteiger partial charge in [-0.05, 0) is 29.3 Å². The van der Waals surface area contributed by atoms with Crippen LogP contribution in [0.4, 0.5) is 5.69 Å². The largest absolute Gasteiger partial charge is 0.493 e. The van der Waals surface area contributed by atoms with Gasteiger partial charge in [-0.1, -0.05) is 36.4 Å². The van der Waals surface area contributed by atoms with Crippen LogP contribution in [0.15, 0.2) is 66.9 Å². The molecule has 0 radical (unpaired) electrons. The number of anilines is 1. The average Bonchev–Trinajstić information content (AvgIpc) is 3.60. The summed E-state index contributed by atoms with van der Waals surface area (Å²) in [4.78, 5) is 23.7. The number of pyridine rings is 1. The number of aromatic nitrogens is 2. The fourth-order valence-electron chi connectivity index (χ4n) is 5.46. The van der Waals surface area contributed by atoms with Crippen molar-refractivity contribution in [2.75, 3.05) is 38.7 Å². The van der Waals surface area contributed by atoms with Gasteiger partial charge in [0.15, 0.2) is 11.5 Å². The molecular formula is C31H28ClN3O5. The van der Waals surface area contributed by atoms with E-state index in [0.29, 0.717) is 53.2 Å². The monoisotopic (exact) mass is 557 g/mol. The van der Waals surface area contributed by atoms with Crippen molar-refractivity contribution in [2.45, 2.75) is 12.5 Å². The predicted octanol–water partition coefficient (Wildman–Crippen LogP) is 6.30. The maximum atomic E-state index is 14.1. The molecule has 3 aromatic carbocycles. The molecule has 2 aromatic heterocycles. The number of aromatic amines is 1. The zero-order chi connectivity index (χ0) is 27.8. The summed E-state index contributed by atoms with van der Waals surface area (Å²) < 4.78 is 22.9. The Hall–Kier alpha value is -4.43. The molecular weight excluding hydrogens is 530 g/mol. The number of nitrogens with zero attached hydrogens (tertiary/aromatic N) is 2. The van der Waals surface area contributed by atoms with Gasteiger partial charge in [-0.25, -0.2) is 0 Å². The molecule has 0 saturated carbocycles. The SMILES string of the molecule is COc1cc2cc(C(=O)N3C[C@H](CCl)c4c3cc(OCc3ccccc3)c3ncccc43)[nH]c2c(OC)c1OC. The molecule has 1 atom stereocenters. The van der Waals surface area contributed by atoms with E-state index >= 15 is 0 Å². The van der Waals surface area contributed by atoms with Crippen molar-refractivity contribution in [3.8, 4) is 23.0 Å². The number of nitrogens with one attached hydrogen (secondary N) is 1. The third kappa shape index (κ3) is 4.25. The third-order valence-corrected chi connectivity index (χ3v) is 7.67. The predicted molar refractivity (Wildman–Crippen MR) is 156 cm³/mol. The number of ether oxygens (including phenoxy) is 4. The van der Waals surface area contributed by atoms with E-state index in [0.717, 1.165) is 33.1 Å². The maximum Gasteiger partial charge on any atom is 0.274 e. The zero-order valence-corrected chi connectivity index (χ0v) is 23.1. The lowest BCUT2D eigenvalue weighted by Crippen LogP contribution is -2.30. The number of amides is 1. The highest BCUT2D eigenvalue weighted by molar-refractivity contribution is 6.19. The van der Waals surface area contributed by atoms with Gasteiger partial charge in [-0.3, -0.25) is 9.78 Å². The summed E-state index contributed by atoms with van der Waals surface area (Å²) in [5.41, 5.74) is 4.59. The molecule has 6 rings (SSSR count). The highest BCUT2D eigenvalue weighted by Gasteiger charge is 2.36. The molecule has 8 nitrogen and oxygen atoms in total. The molecule has 40 heavy (non-hydrogen) atoms. The minimum Gasteiger partial charge on any atom is -0.493 e. The number of halogens is 1. The Labute approximate surface area is 236 Å². The molecule has 1 amide bonds. The van der Waals surface area contributed by atoms with E-state index in [9.17, 15) is 4.79 Å². The molecule has 0 unspecified atom stereocenters. The van der Waals surface area contributed by atoms with Gasteiger partial charge in [0.1, 0.15) is 23.6 Å². The van der Waals surface area contributed by atoms with Crippen LogP contribution in [0.25, 0.3) is 21.8 Å². The van der Waals surface area contributed by atoms with E-state index in [1.807, 2.05) is 54.6 Å². The van der Waals surface area contributed by atoms with Gasteiger partial charge in [0.25, 0.3) is 5.91 Å². The Bertz CT molecular complexity index is 1720. The number of alkyl halides is 1. The second-order valence-corrected chi connectivity index (χ2v) is 9.85. The van der Waals surface area contributed by atoms with Gasteiger partial charge in [0, 0.05) is 41.4 Å². The molecule has 0 bridgehead atoms. The molecule has 0 aliphatic carbocycles. The first kappa shape index (κ1) is 25.8. The lowest BCUT2D eigenvalue weighted by Gasteiger charge is -2.19. The second kappa shape index (κ2) is 10.6. The molecule has 1 aliphatic heterocycles. The minimum atomic E-state index is -0.192. The van der Waals surface area contributed by atoms with Crippen molar-refractivity contribution >= 4 is 45.0 Å². The number of H-pyrrole nitrogens is 1. The van der Waals surface area contributed by atoms with E-state index < -0.39 is 0 Å². The van der Waals surface area contributed by atoms with Gasteiger partial charge in [-0.15, -0.1) is 11.6 Å². The van der Waals surface area contributed by atoms with Crippen molar-refractivity contribution in [2.24, 2.45) is 0 Å². The van der Waals surface area contributed by atoms with Crippen molar-refractivity contribution in [1.82, 2.24) is 9.97 Å². The lowest BCUT2D eigenvalue weighted by molar-refractivity contribution is 0.0984. The van der Waals surface area contributed by atoms with Gasteiger partial charge in [0.05, 0.1) is 32.5 Å². The van der Waals surface area contributed by atoms with Crippen LogP contribution in [0.1, 0.15) is 27.5 Å². The topological polar surface area (TPSA) is 85.9 Å². The number of carbonyl (C=O) groups excluding carboxylic acids is 1. The van der Waals surface area contributed by atoms with Crippen molar-refractivity contribution < 1.29 is 23.7 Å². The van der Waals surface area contributed by atoms with E-state index in [-0.39, 0.29) is 11.8 Å². The van der Waals surface area contributed by atoms with Crippen molar-refractivity contribution in [1.29, 1.82) is 0 Å². The fourth-order valence-corrected chi connectivity index (χ4v) is 5.71. The van der Waals surface area contributed by atoms with E-state index in [1.54, 1.807) is 38.5 Å². The zero-order valence-electron chi connectivity index (χ0n) is 22.4. The van der Waals surface area contributed by atoms with Gasteiger partial charge in [0.2, 0.25) is 5.75 Å². The normalized spacial score (nSPS) is 14.4.